The Hall–Kier alpha value is -1.15. The zero-order valence-corrected chi connectivity index (χ0v) is 9.15. The Morgan fingerprint density at radius 2 is 1.73 bits per heavy atom. The average Bonchev–Trinajstić information content (AvgIpc) is 2.15. The molecule has 15 heavy (non-hydrogen) atoms. The van der Waals surface area contributed by atoms with Crippen LogP contribution < -0.4 is 0 Å². The third kappa shape index (κ3) is 1.82. The molecule has 0 saturated heterocycles. The summed E-state index contributed by atoms with van der Waals surface area (Å²) in [5, 5.41) is 25.8. The van der Waals surface area contributed by atoms with Gasteiger partial charge in [0, 0.05) is 0 Å². The number of halogens is 3. The molecule has 1 aromatic carbocycles. The molecule has 0 amide bonds. The van der Waals surface area contributed by atoms with Crippen molar-refractivity contribution in [3.8, 4) is 11.8 Å². The van der Waals surface area contributed by atoms with E-state index >= 15 is 0 Å². The van der Waals surface area contributed by atoms with Crippen molar-refractivity contribution in [3.63, 3.8) is 0 Å². The van der Waals surface area contributed by atoms with Crippen LogP contribution in [-0.2, 0) is 0 Å². The summed E-state index contributed by atoms with van der Waals surface area (Å²) in [5.41, 5.74) is -1.05. The maximum atomic E-state index is 10.7. The Morgan fingerprint density at radius 1 is 1.20 bits per heavy atom. The van der Waals surface area contributed by atoms with E-state index in [0.29, 0.717) is 0 Å². The molecule has 0 unspecified atom stereocenters. The smallest absolute Gasteiger partial charge is 0.341 e. The van der Waals surface area contributed by atoms with E-state index in [2.05, 4.69) is 0 Å². The summed E-state index contributed by atoms with van der Waals surface area (Å²) in [6.07, 6.45) is 0. The second-order valence-corrected chi connectivity index (χ2v) is 3.59. The van der Waals surface area contributed by atoms with E-state index in [1.807, 2.05) is 0 Å². The molecule has 0 saturated carbocycles. The molecule has 0 heterocycles. The molecule has 0 bridgehead atoms. The summed E-state index contributed by atoms with van der Waals surface area (Å²) in [6, 6.07) is 1.54. The van der Waals surface area contributed by atoms with Gasteiger partial charge in [-0.15, -0.1) is 0 Å². The second-order valence-electron chi connectivity index (χ2n) is 2.46. The van der Waals surface area contributed by atoms with Gasteiger partial charge in [0.05, 0.1) is 15.1 Å². The van der Waals surface area contributed by atoms with Crippen LogP contribution in [0.25, 0.3) is 0 Å². The van der Waals surface area contributed by atoms with Gasteiger partial charge in [0.2, 0.25) is 0 Å². The number of carboxylic acids is 1. The van der Waals surface area contributed by atoms with E-state index < -0.39 is 27.9 Å². The topological polar surface area (TPSA) is 81.3 Å². The van der Waals surface area contributed by atoms with Crippen LogP contribution in [0.5, 0.6) is 5.75 Å². The van der Waals surface area contributed by atoms with Crippen LogP contribution in [0.1, 0.15) is 15.9 Å². The maximum Gasteiger partial charge on any atom is 0.341 e. The number of carboxylic acid groups (broad SMARTS) is 1. The normalized spacial score (nSPS) is 9.73. The van der Waals surface area contributed by atoms with Crippen LogP contribution in [0, 0.1) is 11.3 Å². The molecule has 0 radical (unpaired) electrons. The first-order valence-corrected chi connectivity index (χ1v) is 4.58. The van der Waals surface area contributed by atoms with E-state index in [4.69, 9.17) is 45.2 Å². The van der Waals surface area contributed by atoms with Gasteiger partial charge in [0.1, 0.15) is 17.2 Å². The van der Waals surface area contributed by atoms with Gasteiger partial charge >= 0.3 is 5.97 Å². The molecular formula is C8H2Cl3NO3. The highest BCUT2D eigenvalue weighted by molar-refractivity contribution is 6.50. The number of rotatable bonds is 1. The van der Waals surface area contributed by atoms with Crippen molar-refractivity contribution >= 4 is 40.8 Å². The average molecular weight is 266 g/mol. The predicted molar refractivity (Wildman–Crippen MR) is 54.8 cm³/mol. The summed E-state index contributed by atoms with van der Waals surface area (Å²) in [4.78, 5) is 10.7. The Morgan fingerprint density at radius 3 is 2.13 bits per heavy atom. The molecule has 78 valence electrons. The lowest BCUT2D eigenvalue weighted by atomic mass is 10.1. The first-order valence-electron chi connectivity index (χ1n) is 3.44. The molecule has 4 nitrogen and oxygen atoms in total. The highest BCUT2D eigenvalue weighted by Crippen LogP contribution is 2.41. The monoisotopic (exact) mass is 265 g/mol. The van der Waals surface area contributed by atoms with E-state index in [1.165, 1.54) is 6.07 Å². The number of benzene rings is 1. The minimum atomic E-state index is -1.49. The quantitative estimate of drug-likeness (QED) is 0.766. The zero-order chi connectivity index (χ0) is 11.7. The van der Waals surface area contributed by atoms with Crippen LogP contribution in [0.4, 0.5) is 0 Å². The van der Waals surface area contributed by atoms with Crippen LogP contribution in [0.3, 0.4) is 0 Å². The number of nitriles is 1. The van der Waals surface area contributed by atoms with E-state index in [0.717, 1.165) is 0 Å². The van der Waals surface area contributed by atoms with Crippen molar-refractivity contribution in [1.29, 1.82) is 5.26 Å². The third-order valence-corrected chi connectivity index (χ3v) is 2.95. The molecule has 0 atom stereocenters. The van der Waals surface area contributed by atoms with E-state index in [1.54, 1.807) is 0 Å². The summed E-state index contributed by atoms with van der Waals surface area (Å²) >= 11 is 16.7. The molecule has 0 spiro atoms. The number of hydrogen-bond acceptors (Lipinski definition) is 3. The molecule has 0 aromatic heterocycles. The van der Waals surface area contributed by atoms with Gasteiger partial charge in [0.25, 0.3) is 0 Å². The molecule has 0 aliphatic carbocycles. The molecule has 1 rings (SSSR count). The highest BCUT2D eigenvalue weighted by Gasteiger charge is 2.25. The fraction of sp³-hybridized carbons (Fsp3) is 0. The number of aromatic carboxylic acids is 1. The lowest BCUT2D eigenvalue weighted by Gasteiger charge is -2.08. The van der Waals surface area contributed by atoms with Crippen LogP contribution in [0.15, 0.2) is 0 Å². The van der Waals surface area contributed by atoms with Crippen molar-refractivity contribution in [2.45, 2.75) is 0 Å². The van der Waals surface area contributed by atoms with Crippen molar-refractivity contribution in [2.24, 2.45) is 0 Å². The van der Waals surface area contributed by atoms with Crippen molar-refractivity contribution in [3.05, 3.63) is 26.2 Å². The fourth-order valence-electron chi connectivity index (χ4n) is 0.946. The van der Waals surface area contributed by atoms with Gasteiger partial charge in [-0.25, -0.2) is 4.79 Å². The Labute approximate surface area is 99.2 Å². The summed E-state index contributed by atoms with van der Waals surface area (Å²) in [6.45, 7) is 0. The zero-order valence-electron chi connectivity index (χ0n) is 6.88. The summed E-state index contributed by atoms with van der Waals surface area (Å²) in [7, 11) is 0. The second kappa shape index (κ2) is 4.15. The minimum Gasteiger partial charge on any atom is -0.506 e. The third-order valence-electron chi connectivity index (χ3n) is 1.62. The molecule has 7 heteroatoms. The van der Waals surface area contributed by atoms with Crippen molar-refractivity contribution < 1.29 is 15.0 Å². The predicted octanol–water partition coefficient (Wildman–Crippen LogP) is 2.92. The summed E-state index contributed by atoms with van der Waals surface area (Å²) < 4.78 is 0. The maximum absolute atomic E-state index is 10.7. The molecule has 0 aliphatic heterocycles. The van der Waals surface area contributed by atoms with Gasteiger partial charge in [-0.2, -0.15) is 5.26 Å². The van der Waals surface area contributed by atoms with Crippen LogP contribution >= 0.6 is 34.8 Å². The molecular weight excluding hydrogens is 264 g/mol. The SMILES string of the molecule is N#Cc1c(O)c(C(=O)O)c(Cl)c(Cl)c1Cl. The van der Waals surface area contributed by atoms with Gasteiger partial charge in [-0.3, -0.25) is 0 Å². The fourth-order valence-corrected chi connectivity index (χ4v) is 1.67. The minimum absolute atomic E-state index is 0.272. The van der Waals surface area contributed by atoms with E-state index in [-0.39, 0.29) is 10.0 Å². The molecule has 2 N–H and O–H groups in total. The molecule has 1 aromatic rings. The van der Waals surface area contributed by atoms with Gasteiger partial charge < -0.3 is 10.2 Å². The van der Waals surface area contributed by atoms with Crippen LogP contribution in [-0.4, -0.2) is 16.2 Å². The van der Waals surface area contributed by atoms with Crippen molar-refractivity contribution in [2.75, 3.05) is 0 Å². The van der Waals surface area contributed by atoms with Gasteiger partial charge in [-0.1, -0.05) is 34.8 Å². The highest BCUT2D eigenvalue weighted by atomic mass is 35.5. The Bertz CT molecular complexity index is 493. The number of hydrogen-bond donors (Lipinski definition) is 2. The van der Waals surface area contributed by atoms with Gasteiger partial charge in [-0.05, 0) is 0 Å². The standard InChI is InChI=1S/C8H2Cl3NO3/c9-4-2(1-12)7(13)3(8(14)15)5(10)6(4)11/h13H,(H,14,15). The summed E-state index contributed by atoms with van der Waals surface area (Å²) in [5.74, 6) is -2.28. The lowest BCUT2D eigenvalue weighted by molar-refractivity contribution is 0.0694. The lowest BCUT2D eigenvalue weighted by Crippen LogP contribution is -2.01. The number of aromatic hydroxyl groups is 1. The first kappa shape index (κ1) is 11.9. The Balaban J connectivity index is 3.78. The van der Waals surface area contributed by atoms with Gasteiger partial charge in [0.15, 0.2) is 5.75 Å². The number of nitrogens with zero attached hydrogens (tertiary/aromatic N) is 1. The van der Waals surface area contributed by atoms with Crippen molar-refractivity contribution in [1.82, 2.24) is 0 Å². The van der Waals surface area contributed by atoms with E-state index in [9.17, 15) is 9.90 Å². The number of carbonyl (C=O) groups is 1. The first-order chi connectivity index (χ1) is 6.91. The molecule has 0 aliphatic rings. The molecule has 0 fully saturated rings. The largest absolute Gasteiger partial charge is 0.506 e. The Kier molecular flexibility index (Phi) is 3.30. The van der Waals surface area contributed by atoms with Crippen LogP contribution in [0.2, 0.25) is 15.1 Å². The number of phenols is 1.